The van der Waals surface area contributed by atoms with Crippen LogP contribution in [0.4, 0.5) is 5.69 Å². The Balaban J connectivity index is 1.50. The normalized spacial score (nSPS) is 23.2. The molecule has 5 rings (SSSR count). The van der Waals surface area contributed by atoms with Crippen LogP contribution in [0.25, 0.3) is 0 Å². The summed E-state index contributed by atoms with van der Waals surface area (Å²) in [6, 6.07) is 18.7. The molecule has 180 valence electrons. The number of fused-ring (bicyclic) bond motifs is 2. The van der Waals surface area contributed by atoms with Gasteiger partial charge in [0.2, 0.25) is 0 Å². The molecule has 9 heteroatoms. The van der Waals surface area contributed by atoms with Gasteiger partial charge in [-0.1, -0.05) is 54.1 Å². The predicted molar refractivity (Wildman–Crippen MR) is 132 cm³/mol. The molecule has 3 atom stereocenters. The Labute approximate surface area is 207 Å². The van der Waals surface area contributed by atoms with Gasteiger partial charge in [-0.25, -0.2) is 0 Å². The number of anilines is 1. The number of ether oxygens (including phenoxy) is 2. The highest BCUT2D eigenvalue weighted by Crippen LogP contribution is 2.52. The summed E-state index contributed by atoms with van der Waals surface area (Å²) in [6.45, 7) is 0.579. The highest BCUT2D eigenvalue weighted by Gasteiger charge is 2.68. The molecule has 2 aliphatic heterocycles. The predicted octanol–water partition coefficient (Wildman–Crippen LogP) is 4.45. The molecule has 0 aromatic heterocycles. The van der Waals surface area contributed by atoms with Crippen LogP contribution in [0.3, 0.4) is 0 Å². The van der Waals surface area contributed by atoms with Gasteiger partial charge in [0.05, 0.1) is 13.0 Å². The number of carbonyl (C=O) groups excluding carboxylic acids is 1. The fraction of sp³-hybridized carbons (Fsp3) is 0.269. The summed E-state index contributed by atoms with van der Waals surface area (Å²) in [6.07, 6.45) is 0. The molecule has 1 fully saturated rings. The monoisotopic (exact) mass is 493 g/mol. The van der Waals surface area contributed by atoms with Crippen LogP contribution in [0.1, 0.15) is 22.6 Å². The van der Waals surface area contributed by atoms with Crippen molar-refractivity contribution in [1.82, 2.24) is 4.90 Å². The lowest BCUT2D eigenvalue weighted by atomic mass is 9.79. The van der Waals surface area contributed by atoms with E-state index in [0.29, 0.717) is 39.9 Å². The van der Waals surface area contributed by atoms with Crippen LogP contribution >= 0.6 is 11.6 Å². The van der Waals surface area contributed by atoms with Gasteiger partial charge in [-0.3, -0.25) is 19.8 Å². The first-order valence-electron chi connectivity index (χ1n) is 11.2. The van der Waals surface area contributed by atoms with Crippen molar-refractivity contribution in [3.63, 3.8) is 0 Å². The number of hydrogen-bond acceptors (Lipinski definition) is 6. The minimum atomic E-state index is -1.39. The summed E-state index contributed by atoms with van der Waals surface area (Å²) in [5, 5.41) is 15.9. The number of nitro groups is 1. The van der Waals surface area contributed by atoms with Crippen molar-refractivity contribution in [2.24, 2.45) is 0 Å². The average molecular weight is 494 g/mol. The number of amides is 1. The number of likely N-dealkylation sites (N-methyl/N-ethyl adjacent to an activating group) is 1. The van der Waals surface area contributed by atoms with Crippen LogP contribution in [0.5, 0.6) is 11.5 Å². The van der Waals surface area contributed by atoms with Gasteiger partial charge in [0.25, 0.3) is 11.9 Å². The number of likely N-dealkylation sites (tertiary alicyclic amines) is 1. The van der Waals surface area contributed by atoms with Gasteiger partial charge in [-0.15, -0.1) is 0 Å². The van der Waals surface area contributed by atoms with Gasteiger partial charge in [0.1, 0.15) is 6.61 Å². The lowest BCUT2D eigenvalue weighted by Gasteiger charge is -2.30. The van der Waals surface area contributed by atoms with Gasteiger partial charge >= 0.3 is 0 Å². The molecule has 1 N–H and O–H groups in total. The van der Waals surface area contributed by atoms with Crippen LogP contribution in [0, 0.1) is 10.1 Å². The van der Waals surface area contributed by atoms with Crippen molar-refractivity contribution in [3.05, 3.63) is 98.6 Å². The number of rotatable bonds is 6. The number of methoxy groups -OCH3 is 1. The quantitative estimate of drug-likeness (QED) is 0.403. The van der Waals surface area contributed by atoms with E-state index in [1.165, 1.54) is 7.11 Å². The zero-order chi connectivity index (χ0) is 24.7. The zero-order valence-electron chi connectivity index (χ0n) is 19.2. The van der Waals surface area contributed by atoms with E-state index in [2.05, 4.69) is 5.32 Å². The fourth-order valence-corrected chi connectivity index (χ4v) is 5.58. The van der Waals surface area contributed by atoms with E-state index in [1.54, 1.807) is 60.5 Å². The van der Waals surface area contributed by atoms with Crippen LogP contribution in [0.15, 0.2) is 66.7 Å². The average Bonchev–Trinajstić information content (AvgIpc) is 3.33. The summed E-state index contributed by atoms with van der Waals surface area (Å²) in [4.78, 5) is 27.2. The molecule has 3 aromatic carbocycles. The van der Waals surface area contributed by atoms with Crippen LogP contribution in [-0.2, 0) is 16.9 Å². The van der Waals surface area contributed by atoms with Crippen LogP contribution < -0.4 is 14.8 Å². The van der Waals surface area contributed by atoms with Crippen molar-refractivity contribution in [2.75, 3.05) is 26.0 Å². The first-order chi connectivity index (χ1) is 16.9. The number of halogens is 1. The standard InChI is InChI=1S/C26H24ClN3O5/c1-29-14-18(24(30(32)33)26(29)19-8-4-6-10-21(19)28-25(26)31)16-11-12-22(23(13-16)34-2)35-15-17-7-3-5-9-20(17)27/h3-13,18,24H,14-15H2,1-2H3,(H,28,31)/t18-,24-,26-/m0/s1. The maximum Gasteiger partial charge on any atom is 0.256 e. The molecule has 0 saturated carbocycles. The molecule has 1 saturated heterocycles. The number of hydrogen-bond donors (Lipinski definition) is 1. The second kappa shape index (κ2) is 8.87. The summed E-state index contributed by atoms with van der Waals surface area (Å²) in [5.74, 6) is 0.0332. The number of para-hydroxylation sites is 1. The number of nitrogens with zero attached hydrogens (tertiary/aromatic N) is 2. The Morgan fingerprint density at radius 3 is 2.63 bits per heavy atom. The highest BCUT2D eigenvalue weighted by molar-refractivity contribution is 6.31. The van der Waals surface area contributed by atoms with E-state index >= 15 is 0 Å². The Hall–Kier alpha value is -3.62. The molecule has 8 nitrogen and oxygen atoms in total. The van der Waals surface area contributed by atoms with E-state index in [1.807, 2.05) is 18.2 Å². The second-order valence-corrected chi connectivity index (χ2v) is 9.18. The van der Waals surface area contributed by atoms with Crippen LogP contribution in [-0.4, -0.2) is 42.5 Å². The Bertz CT molecular complexity index is 1320. The number of benzene rings is 3. The van der Waals surface area contributed by atoms with E-state index in [4.69, 9.17) is 21.1 Å². The third-order valence-electron chi connectivity index (χ3n) is 7.00. The molecule has 1 amide bonds. The zero-order valence-corrected chi connectivity index (χ0v) is 20.0. The van der Waals surface area contributed by atoms with Crippen molar-refractivity contribution < 1.29 is 19.2 Å². The molecule has 1 spiro atoms. The summed E-state index contributed by atoms with van der Waals surface area (Å²) in [5.41, 5.74) is 1.38. The molecule has 0 aliphatic carbocycles. The SMILES string of the molecule is COc1cc([C@@H]2CN(C)[C@]3(C(=O)Nc4ccccc43)[C@H]2[N+](=O)[O-])ccc1OCc1ccccc1Cl. The third-order valence-corrected chi connectivity index (χ3v) is 7.37. The van der Waals surface area contributed by atoms with E-state index in [-0.39, 0.29) is 17.4 Å². The molecular formula is C26H24ClN3O5. The van der Waals surface area contributed by atoms with E-state index in [0.717, 1.165) is 5.56 Å². The Morgan fingerprint density at radius 2 is 1.89 bits per heavy atom. The minimum Gasteiger partial charge on any atom is -0.493 e. The molecule has 2 heterocycles. The molecule has 0 bridgehead atoms. The van der Waals surface area contributed by atoms with Crippen molar-refractivity contribution in [2.45, 2.75) is 24.1 Å². The van der Waals surface area contributed by atoms with E-state index < -0.39 is 17.5 Å². The van der Waals surface area contributed by atoms with Crippen molar-refractivity contribution in [3.8, 4) is 11.5 Å². The van der Waals surface area contributed by atoms with Gasteiger partial charge < -0.3 is 14.8 Å². The summed E-state index contributed by atoms with van der Waals surface area (Å²) >= 11 is 6.23. The van der Waals surface area contributed by atoms with Gasteiger partial charge in [-0.2, -0.15) is 0 Å². The van der Waals surface area contributed by atoms with Gasteiger partial charge in [0.15, 0.2) is 17.0 Å². The Kier molecular flexibility index (Phi) is 5.86. The summed E-state index contributed by atoms with van der Waals surface area (Å²) < 4.78 is 11.5. The van der Waals surface area contributed by atoms with Crippen molar-refractivity contribution >= 4 is 23.2 Å². The number of carbonyl (C=O) groups is 1. The van der Waals surface area contributed by atoms with Crippen LogP contribution in [0.2, 0.25) is 5.02 Å². The molecule has 3 aromatic rings. The number of nitrogens with one attached hydrogen (secondary N) is 1. The first kappa shape index (κ1) is 23.1. The summed E-state index contributed by atoms with van der Waals surface area (Å²) in [7, 11) is 3.28. The minimum absolute atomic E-state index is 0.249. The molecule has 2 aliphatic rings. The molecule has 35 heavy (non-hydrogen) atoms. The van der Waals surface area contributed by atoms with Gasteiger partial charge in [-0.05, 0) is 36.9 Å². The third kappa shape index (κ3) is 3.61. The molecular weight excluding hydrogens is 470 g/mol. The van der Waals surface area contributed by atoms with Gasteiger partial charge in [0, 0.05) is 33.3 Å². The second-order valence-electron chi connectivity index (χ2n) is 8.77. The largest absolute Gasteiger partial charge is 0.493 e. The van der Waals surface area contributed by atoms with E-state index in [9.17, 15) is 14.9 Å². The molecule has 0 unspecified atom stereocenters. The maximum absolute atomic E-state index is 13.3. The first-order valence-corrected chi connectivity index (χ1v) is 11.6. The highest BCUT2D eigenvalue weighted by atomic mass is 35.5. The van der Waals surface area contributed by atoms with Crippen molar-refractivity contribution in [1.29, 1.82) is 0 Å². The molecule has 0 radical (unpaired) electrons. The maximum atomic E-state index is 13.3. The topological polar surface area (TPSA) is 93.9 Å². The smallest absolute Gasteiger partial charge is 0.256 e. The Morgan fingerprint density at radius 1 is 1.14 bits per heavy atom. The fourth-order valence-electron chi connectivity index (χ4n) is 5.39. The lowest BCUT2D eigenvalue weighted by molar-refractivity contribution is -0.534. The lowest BCUT2D eigenvalue weighted by Crippen LogP contribution is -2.54.